The van der Waals surface area contributed by atoms with Crippen LogP contribution in [0.2, 0.25) is 0 Å². The molecule has 0 aliphatic heterocycles. The highest BCUT2D eigenvalue weighted by Crippen LogP contribution is 2.37. The number of aromatic nitrogens is 2. The molecule has 0 saturated heterocycles. The molecule has 0 fully saturated rings. The lowest BCUT2D eigenvalue weighted by molar-refractivity contribution is 0.584. The standard InChI is InChI=1S/C14H13N3O/c1-14(8-4-2-5-9-14)12-13(16-18)17-10-6-3-7-11(17)15-12/h2-8,10H,9H2,1H3. The van der Waals surface area contributed by atoms with Gasteiger partial charge < -0.3 is 0 Å². The van der Waals surface area contributed by atoms with Gasteiger partial charge in [0.15, 0.2) is 0 Å². The zero-order valence-corrected chi connectivity index (χ0v) is 10.1. The molecule has 18 heavy (non-hydrogen) atoms. The Bertz CT molecular complexity index is 669. The van der Waals surface area contributed by atoms with Crippen LogP contribution < -0.4 is 0 Å². The molecule has 0 radical (unpaired) electrons. The summed E-state index contributed by atoms with van der Waals surface area (Å²) in [6.45, 7) is 2.07. The maximum Gasteiger partial charge on any atom is 0.205 e. The third-order valence-corrected chi connectivity index (χ3v) is 3.39. The monoisotopic (exact) mass is 239 g/mol. The van der Waals surface area contributed by atoms with Crippen LogP contribution in [-0.4, -0.2) is 9.38 Å². The molecule has 0 spiro atoms. The molecule has 2 aromatic heterocycles. The average molecular weight is 239 g/mol. The van der Waals surface area contributed by atoms with Crippen LogP contribution in [0.5, 0.6) is 0 Å². The summed E-state index contributed by atoms with van der Waals surface area (Å²) in [5.41, 5.74) is 1.24. The SMILES string of the molecule is CC1(c2nc3ccccn3c2N=O)C=CC=CC1. The summed E-state index contributed by atoms with van der Waals surface area (Å²) in [6.07, 6.45) is 10.8. The van der Waals surface area contributed by atoms with Crippen molar-refractivity contribution in [3.05, 3.63) is 59.3 Å². The molecule has 0 bridgehead atoms. The van der Waals surface area contributed by atoms with Crippen molar-refractivity contribution in [1.82, 2.24) is 9.38 Å². The van der Waals surface area contributed by atoms with E-state index in [0.29, 0.717) is 5.82 Å². The van der Waals surface area contributed by atoms with Gasteiger partial charge in [0.25, 0.3) is 0 Å². The molecule has 0 saturated carbocycles. The van der Waals surface area contributed by atoms with E-state index in [4.69, 9.17) is 0 Å². The van der Waals surface area contributed by atoms with Gasteiger partial charge in [0, 0.05) is 11.6 Å². The zero-order valence-electron chi connectivity index (χ0n) is 10.1. The number of fused-ring (bicyclic) bond motifs is 1. The topological polar surface area (TPSA) is 46.7 Å². The van der Waals surface area contributed by atoms with Crippen LogP contribution in [0.1, 0.15) is 19.0 Å². The van der Waals surface area contributed by atoms with E-state index in [1.807, 2.05) is 36.5 Å². The number of nitroso groups, excluding NO2 is 1. The lowest BCUT2D eigenvalue weighted by Crippen LogP contribution is -2.20. The molecule has 4 heteroatoms. The predicted octanol–water partition coefficient (Wildman–Crippen LogP) is 3.51. The molecule has 1 unspecified atom stereocenters. The quantitative estimate of drug-likeness (QED) is 0.753. The molecule has 1 aliphatic carbocycles. The molecule has 0 N–H and O–H groups in total. The predicted molar refractivity (Wildman–Crippen MR) is 70.9 cm³/mol. The molecule has 3 rings (SSSR count). The van der Waals surface area contributed by atoms with Crippen LogP contribution in [0.4, 0.5) is 5.82 Å². The van der Waals surface area contributed by atoms with Crippen LogP contribution in [-0.2, 0) is 5.41 Å². The Labute approximate surface area is 105 Å². The van der Waals surface area contributed by atoms with Crippen LogP contribution in [0, 0.1) is 4.91 Å². The van der Waals surface area contributed by atoms with Crippen LogP contribution in [0.3, 0.4) is 0 Å². The summed E-state index contributed by atoms with van der Waals surface area (Å²) in [4.78, 5) is 15.7. The third kappa shape index (κ3) is 1.49. The number of allylic oxidation sites excluding steroid dienone is 4. The summed E-state index contributed by atoms with van der Waals surface area (Å²) in [5.74, 6) is 0.396. The minimum absolute atomic E-state index is 0.260. The van der Waals surface area contributed by atoms with E-state index < -0.39 is 0 Å². The first-order valence-corrected chi connectivity index (χ1v) is 5.90. The maximum absolute atomic E-state index is 11.1. The fourth-order valence-electron chi connectivity index (χ4n) is 2.36. The van der Waals surface area contributed by atoms with Crippen molar-refractivity contribution in [2.45, 2.75) is 18.8 Å². The van der Waals surface area contributed by atoms with E-state index in [2.05, 4.69) is 29.2 Å². The summed E-state index contributed by atoms with van der Waals surface area (Å²) < 4.78 is 1.74. The zero-order chi connectivity index (χ0) is 12.6. The van der Waals surface area contributed by atoms with Gasteiger partial charge in [-0.2, -0.15) is 0 Å². The molecule has 4 nitrogen and oxygen atoms in total. The first-order chi connectivity index (χ1) is 8.74. The second-order valence-electron chi connectivity index (χ2n) is 4.71. The molecule has 2 heterocycles. The molecular weight excluding hydrogens is 226 g/mol. The lowest BCUT2D eigenvalue weighted by Gasteiger charge is -2.24. The van der Waals surface area contributed by atoms with Crippen molar-refractivity contribution in [1.29, 1.82) is 0 Å². The number of rotatable bonds is 2. The molecule has 90 valence electrons. The Morgan fingerprint density at radius 3 is 3.00 bits per heavy atom. The highest BCUT2D eigenvalue weighted by molar-refractivity contribution is 5.56. The highest BCUT2D eigenvalue weighted by atomic mass is 16.3. The Morgan fingerprint density at radius 2 is 2.28 bits per heavy atom. The normalized spacial score (nSPS) is 22.5. The van der Waals surface area contributed by atoms with Gasteiger partial charge in [-0.1, -0.05) is 37.3 Å². The average Bonchev–Trinajstić information content (AvgIpc) is 2.79. The van der Waals surface area contributed by atoms with Crippen molar-refractivity contribution in [2.24, 2.45) is 5.18 Å². The second-order valence-corrected chi connectivity index (χ2v) is 4.71. The van der Waals surface area contributed by atoms with Gasteiger partial charge in [0.2, 0.25) is 5.82 Å². The Balaban J connectivity index is 2.26. The van der Waals surface area contributed by atoms with Crippen molar-refractivity contribution in [2.75, 3.05) is 0 Å². The van der Waals surface area contributed by atoms with Gasteiger partial charge in [-0.05, 0) is 23.7 Å². The van der Waals surface area contributed by atoms with Gasteiger partial charge in [-0.25, -0.2) is 4.98 Å². The Kier molecular flexibility index (Phi) is 2.37. The van der Waals surface area contributed by atoms with Gasteiger partial charge in [-0.15, -0.1) is 4.91 Å². The lowest BCUT2D eigenvalue weighted by atomic mass is 9.80. The number of hydrogen-bond donors (Lipinski definition) is 0. The van der Waals surface area contributed by atoms with E-state index in [1.165, 1.54) is 0 Å². The fourth-order valence-corrected chi connectivity index (χ4v) is 2.36. The van der Waals surface area contributed by atoms with Gasteiger partial charge in [-0.3, -0.25) is 4.40 Å². The summed E-state index contributed by atoms with van der Waals surface area (Å²) >= 11 is 0. The van der Waals surface area contributed by atoms with E-state index in [1.54, 1.807) is 4.40 Å². The van der Waals surface area contributed by atoms with E-state index >= 15 is 0 Å². The first-order valence-electron chi connectivity index (χ1n) is 5.90. The number of hydrogen-bond acceptors (Lipinski definition) is 3. The van der Waals surface area contributed by atoms with Crippen LogP contribution in [0.15, 0.2) is 53.9 Å². The largest absolute Gasteiger partial charge is 0.282 e. The highest BCUT2D eigenvalue weighted by Gasteiger charge is 2.31. The summed E-state index contributed by atoms with van der Waals surface area (Å²) in [6, 6.07) is 5.65. The fraction of sp³-hybridized carbons (Fsp3) is 0.214. The van der Waals surface area contributed by atoms with Gasteiger partial charge in [0.1, 0.15) is 5.65 Å². The van der Waals surface area contributed by atoms with Crippen molar-refractivity contribution >= 4 is 11.5 Å². The minimum Gasteiger partial charge on any atom is -0.282 e. The molecule has 1 aliphatic rings. The Hall–Kier alpha value is -2.23. The number of pyridine rings is 1. The smallest absolute Gasteiger partial charge is 0.205 e. The number of nitrogens with zero attached hydrogens (tertiary/aromatic N) is 3. The van der Waals surface area contributed by atoms with Crippen molar-refractivity contribution < 1.29 is 0 Å². The van der Waals surface area contributed by atoms with E-state index in [9.17, 15) is 4.91 Å². The first kappa shape index (κ1) is 10.9. The Morgan fingerprint density at radius 1 is 1.39 bits per heavy atom. The number of imidazole rings is 1. The van der Waals surface area contributed by atoms with Crippen molar-refractivity contribution in [3.8, 4) is 0 Å². The third-order valence-electron chi connectivity index (χ3n) is 3.39. The minimum atomic E-state index is -0.260. The molecule has 0 amide bonds. The molecular formula is C14H13N3O. The molecule has 2 aromatic rings. The van der Waals surface area contributed by atoms with Crippen molar-refractivity contribution in [3.63, 3.8) is 0 Å². The summed E-state index contributed by atoms with van der Waals surface area (Å²) in [7, 11) is 0. The van der Waals surface area contributed by atoms with Gasteiger partial charge >= 0.3 is 0 Å². The molecule has 1 atom stereocenters. The summed E-state index contributed by atoms with van der Waals surface area (Å²) in [5, 5.41) is 3.17. The molecule has 0 aromatic carbocycles. The van der Waals surface area contributed by atoms with E-state index in [-0.39, 0.29) is 5.41 Å². The van der Waals surface area contributed by atoms with Crippen LogP contribution in [0.25, 0.3) is 5.65 Å². The second kappa shape index (κ2) is 3.91. The maximum atomic E-state index is 11.1. The van der Waals surface area contributed by atoms with Gasteiger partial charge in [0.05, 0.1) is 5.69 Å². The van der Waals surface area contributed by atoms with Crippen LogP contribution >= 0.6 is 0 Å². The van der Waals surface area contributed by atoms with E-state index in [0.717, 1.165) is 17.8 Å².